The van der Waals surface area contributed by atoms with E-state index in [0.717, 1.165) is 6.07 Å². The van der Waals surface area contributed by atoms with Crippen molar-refractivity contribution in [1.82, 2.24) is 4.98 Å². The van der Waals surface area contributed by atoms with Crippen molar-refractivity contribution in [1.29, 1.82) is 5.41 Å². The topological polar surface area (TPSA) is 72.0 Å². The number of hydrogen-bond acceptors (Lipinski definition) is 3. The third-order valence-electron chi connectivity index (χ3n) is 2.19. The predicted molar refractivity (Wildman–Crippen MR) is 56.4 cm³/mol. The van der Waals surface area contributed by atoms with Crippen LogP contribution in [-0.4, -0.2) is 23.1 Å². The number of halogens is 6. The summed E-state index contributed by atoms with van der Waals surface area (Å²) >= 11 is 0. The SMILES string of the molecule is CC(Oc1nc(C(F)(F)F)ccc1C(=N)N)C(F)(F)F. The van der Waals surface area contributed by atoms with Crippen molar-refractivity contribution in [3.05, 3.63) is 23.4 Å². The van der Waals surface area contributed by atoms with Crippen molar-refractivity contribution in [3.63, 3.8) is 0 Å². The Morgan fingerprint density at radius 3 is 2.20 bits per heavy atom. The molecule has 112 valence electrons. The van der Waals surface area contributed by atoms with Gasteiger partial charge in [0.15, 0.2) is 6.10 Å². The third kappa shape index (κ3) is 3.75. The summed E-state index contributed by atoms with van der Waals surface area (Å²) in [6.45, 7) is 0.603. The summed E-state index contributed by atoms with van der Waals surface area (Å²) in [5.74, 6) is -1.74. The zero-order chi connectivity index (χ0) is 15.7. The van der Waals surface area contributed by atoms with Crippen molar-refractivity contribution >= 4 is 5.84 Å². The Morgan fingerprint density at radius 1 is 1.25 bits per heavy atom. The standard InChI is InChI=1S/C10H9F6N3O/c1-4(9(11,12)13)20-8-5(7(17)18)2-3-6(19-8)10(14,15)16/h2-4H,1H3,(H3,17,18). The normalized spacial score (nSPS) is 13.9. The van der Waals surface area contributed by atoms with E-state index in [0.29, 0.717) is 13.0 Å². The van der Waals surface area contributed by atoms with Gasteiger partial charge in [-0.25, -0.2) is 4.98 Å². The number of alkyl halides is 6. The molecule has 0 saturated heterocycles. The minimum absolute atomic E-state index is 0.450. The lowest BCUT2D eigenvalue weighted by atomic mass is 10.2. The molecule has 0 radical (unpaired) electrons. The maximum atomic E-state index is 12.4. The number of pyridine rings is 1. The monoisotopic (exact) mass is 301 g/mol. The number of nitrogens with two attached hydrogens (primary N) is 1. The van der Waals surface area contributed by atoms with Crippen LogP contribution in [0.25, 0.3) is 0 Å². The Bertz CT molecular complexity index is 511. The van der Waals surface area contributed by atoms with Crippen LogP contribution in [0.1, 0.15) is 18.2 Å². The van der Waals surface area contributed by atoms with Gasteiger partial charge in [0.05, 0.1) is 5.56 Å². The van der Waals surface area contributed by atoms with Crippen LogP contribution < -0.4 is 10.5 Å². The van der Waals surface area contributed by atoms with Gasteiger partial charge in [-0.2, -0.15) is 26.3 Å². The van der Waals surface area contributed by atoms with Gasteiger partial charge in [-0.1, -0.05) is 0 Å². The summed E-state index contributed by atoms with van der Waals surface area (Å²) in [7, 11) is 0. The zero-order valence-corrected chi connectivity index (χ0v) is 9.93. The van der Waals surface area contributed by atoms with E-state index >= 15 is 0 Å². The number of nitrogen functional groups attached to an aromatic ring is 1. The number of ether oxygens (including phenoxy) is 1. The maximum Gasteiger partial charge on any atom is 0.433 e. The minimum Gasteiger partial charge on any atom is -0.464 e. The summed E-state index contributed by atoms with van der Waals surface area (Å²) in [5.41, 5.74) is 3.17. The van der Waals surface area contributed by atoms with Crippen LogP contribution in [0.15, 0.2) is 12.1 Å². The summed E-state index contributed by atoms with van der Waals surface area (Å²) in [4.78, 5) is 2.95. The smallest absolute Gasteiger partial charge is 0.433 e. The number of rotatable bonds is 3. The average molecular weight is 301 g/mol. The molecule has 1 aromatic heterocycles. The fourth-order valence-electron chi connectivity index (χ4n) is 1.13. The average Bonchev–Trinajstić information content (AvgIpc) is 2.25. The van der Waals surface area contributed by atoms with Crippen LogP contribution in [0.5, 0.6) is 5.88 Å². The van der Waals surface area contributed by atoms with Gasteiger partial charge in [0, 0.05) is 0 Å². The summed E-state index contributed by atoms with van der Waals surface area (Å²) < 4.78 is 78.7. The predicted octanol–water partition coefficient (Wildman–Crippen LogP) is 2.71. The highest BCUT2D eigenvalue weighted by molar-refractivity contribution is 5.97. The Balaban J connectivity index is 3.23. The van der Waals surface area contributed by atoms with Gasteiger partial charge >= 0.3 is 12.4 Å². The van der Waals surface area contributed by atoms with Gasteiger partial charge < -0.3 is 10.5 Å². The van der Waals surface area contributed by atoms with Gasteiger partial charge in [-0.3, -0.25) is 5.41 Å². The molecular weight excluding hydrogens is 292 g/mol. The summed E-state index contributed by atoms with van der Waals surface area (Å²) in [5, 5.41) is 7.10. The van der Waals surface area contributed by atoms with Gasteiger partial charge in [0.2, 0.25) is 5.88 Å². The first-order chi connectivity index (χ1) is 8.93. The Morgan fingerprint density at radius 2 is 1.80 bits per heavy atom. The number of nitrogens with zero attached hydrogens (tertiary/aromatic N) is 1. The quantitative estimate of drug-likeness (QED) is 0.512. The zero-order valence-electron chi connectivity index (χ0n) is 9.93. The van der Waals surface area contributed by atoms with E-state index in [1.807, 2.05) is 0 Å². The molecule has 1 aromatic rings. The van der Waals surface area contributed by atoms with Crippen LogP contribution in [0.4, 0.5) is 26.3 Å². The number of aromatic nitrogens is 1. The van der Waals surface area contributed by atoms with Gasteiger partial charge in [-0.15, -0.1) is 0 Å². The van der Waals surface area contributed by atoms with Gasteiger partial charge in [-0.05, 0) is 19.1 Å². The molecule has 3 N–H and O–H groups in total. The van der Waals surface area contributed by atoms with E-state index < -0.39 is 41.4 Å². The molecule has 1 atom stereocenters. The first kappa shape index (κ1) is 16.1. The maximum absolute atomic E-state index is 12.4. The molecule has 0 saturated carbocycles. The highest BCUT2D eigenvalue weighted by Gasteiger charge is 2.40. The molecule has 1 rings (SSSR count). The minimum atomic E-state index is -4.85. The molecule has 0 aliphatic rings. The van der Waals surface area contributed by atoms with Gasteiger partial charge in [0.1, 0.15) is 11.5 Å². The number of nitrogens with one attached hydrogen (secondary N) is 1. The molecule has 4 nitrogen and oxygen atoms in total. The molecule has 0 aliphatic heterocycles. The van der Waals surface area contributed by atoms with E-state index in [1.54, 1.807) is 0 Å². The molecule has 0 bridgehead atoms. The molecule has 1 unspecified atom stereocenters. The van der Waals surface area contributed by atoms with Crippen molar-refractivity contribution in [2.24, 2.45) is 5.73 Å². The molecule has 0 amide bonds. The molecule has 0 aliphatic carbocycles. The Kier molecular flexibility index (Phi) is 4.15. The molecule has 0 fully saturated rings. The molecule has 0 aromatic carbocycles. The Hall–Kier alpha value is -2.00. The number of amidine groups is 1. The van der Waals surface area contributed by atoms with Crippen molar-refractivity contribution < 1.29 is 31.1 Å². The second-order valence-corrected chi connectivity index (χ2v) is 3.76. The highest BCUT2D eigenvalue weighted by atomic mass is 19.4. The fourth-order valence-corrected chi connectivity index (χ4v) is 1.13. The van der Waals surface area contributed by atoms with E-state index in [-0.39, 0.29) is 0 Å². The molecular formula is C10H9F6N3O. The van der Waals surface area contributed by atoms with Crippen LogP contribution in [0, 0.1) is 5.41 Å². The molecule has 0 spiro atoms. The van der Waals surface area contributed by atoms with Gasteiger partial charge in [0.25, 0.3) is 0 Å². The second-order valence-electron chi connectivity index (χ2n) is 3.76. The van der Waals surface area contributed by atoms with E-state index in [2.05, 4.69) is 9.72 Å². The molecule has 1 heterocycles. The lowest BCUT2D eigenvalue weighted by molar-refractivity contribution is -0.190. The van der Waals surface area contributed by atoms with Crippen molar-refractivity contribution in [3.8, 4) is 5.88 Å². The fraction of sp³-hybridized carbons (Fsp3) is 0.400. The van der Waals surface area contributed by atoms with Crippen LogP contribution in [0.2, 0.25) is 0 Å². The summed E-state index contributed by atoms with van der Waals surface area (Å²) in [6, 6.07) is 1.23. The first-order valence-electron chi connectivity index (χ1n) is 5.09. The van der Waals surface area contributed by atoms with E-state index in [1.165, 1.54) is 0 Å². The summed E-state index contributed by atoms with van der Waals surface area (Å²) in [6.07, 6.45) is -12.0. The van der Waals surface area contributed by atoms with E-state index in [9.17, 15) is 26.3 Å². The number of hydrogen-bond donors (Lipinski definition) is 2. The van der Waals surface area contributed by atoms with Crippen LogP contribution >= 0.6 is 0 Å². The third-order valence-corrected chi connectivity index (χ3v) is 2.19. The molecule has 10 heteroatoms. The van der Waals surface area contributed by atoms with Crippen molar-refractivity contribution in [2.45, 2.75) is 25.4 Å². The molecule has 20 heavy (non-hydrogen) atoms. The lowest BCUT2D eigenvalue weighted by Gasteiger charge is -2.19. The largest absolute Gasteiger partial charge is 0.464 e. The Labute approximate surface area is 109 Å². The van der Waals surface area contributed by atoms with E-state index in [4.69, 9.17) is 11.1 Å². The lowest BCUT2D eigenvalue weighted by Crippen LogP contribution is -2.32. The van der Waals surface area contributed by atoms with Crippen LogP contribution in [-0.2, 0) is 6.18 Å². The second kappa shape index (κ2) is 5.17. The first-order valence-corrected chi connectivity index (χ1v) is 5.09. The van der Waals surface area contributed by atoms with Crippen LogP contribution in [0.3, 0.4) is 0 Å². The van der Waals surface area contributed by atoms with Crippen molar-refractivity contribution in [2.75, 3.05) is 0 Å². The highest BCUT2D eigenvalue weighted by Crippen LogP contribution is 2.31.